The molecule has 1 saturated heterocycles. The molecule has 3 rings (SSSR count). The number of rotatable bonds is 12. The van der Waals surface area contributed by atoms with Gasteiger partial charge in [0.25, 0.3) is 0 Å². The van der Waals surface area contributed by atoms with E-state index < -0.39 is 23.6 Å². The number of nitrogens with zero attached hydrogens (tertiary/aromatic N) is 1. The molecule has 9 nitrogen and oxygen atoms in total. The smallest absolute Gasteiger partial charge is 0.407 e. The highest BCUT2D eigenvalue weighted by Gasteiger charge is 2.55. The Bertz CT molecular complexity index is 782. The van der Waals surface area contributed by atoms with Crippen molar-refractivity contribution < 1.29 is 29.1 Å². The third-order valence-electron chi connectivity index (χ3n) is 6.93. The zero-order valence-corrected chi connectivity index (χ0v) is 19.8. The zero-order valence-electron chi connectivity index (χ0n) is 19.8. The molecule has 0 aromatic carbocycles. The Morgan fingerprint density at radius 3 is 2.68 bits per heavy atom. The second-order valence-corrected chi connectivity index (χ2v) is 9.42. The summed E-state index contributed by atoms with van der Waals surface area (Å²) in [5.74, 6) is 2.70. The monoisotopic (exact) mass is 475 g/mol. The van der Waals surface area contributed by atoms with Gasteiger partial charge in [0.2, 0.25) is 5.91 Å². The zero-order chi connectivity index (χ0) is 24.4. The molecule has 2 saturated carbocycles. The van der Waals surface area contributed by atoms with Crippen LogP contribution in [0.1, 0.15) is 70.6 Å². The third-order valence-corrected chi connectivity index (χ3v) is 6.93. The van der Waals surface area contributed by atoms with E-state index in [-0.39, 0.29) is 25.0 Å². The van der Waals surface area contributed by atoms with Crippen molar-refractivity contribution in [2.75, 3.05) is 19.7 Å². The highest BCUT2D eigenvalue weighted by molar-refractivity contribution is 5.82. The molecule has 1 aliphatic heterocycles. The fourth-order valence-electron chi connectivity index (χ4n) is 4.90. The average molecular weight is 476 g/mol. The van der Waals surface area contributed by atoms with E-state index in [0.29, 0.717) is 38.3 Å². The van der Waals surface area contributed by atoms with Crippen LogP contribution in [0, 0.1) is 18.3 Å². The summed E-state index contributed by atoms with van der Waals surface area (Å²) in [7, 11) is 0. The summed E-state index contributed by atoms with van der Waals surface area (Å²) in [6, 6.07) is -0.129. The molecule has 0 radical (unpaired) electrons. The van der Waals surface area contributed by atoms with Gasteiger partial charge < -0.3 is 14.8 Å². The molecule has 2 atom stereocenters. The van der Waals surface area contributed by atoms with Gasteiger partial charge in [0.1, 0.15) is 11.6 Å². The molecule has 0 aromatic rings. The fraction of sp³-hybridized carbons (Fsp3) is 0.720. The van der Waals surface area contributed by atoms with E-state index >= 15 is 0 Å². The number of cyclic esters (lactones) is 1. The normalized spacial score (nSPS) is 24.1. The molecule has 3 fully saturated rings. The highest BCUT2D eigenvalue weighted by atomic mass is 16.6. The van der Waals surface area contributed by atoms with Gasteiger partial charge in [0.15, 0.2) is 0 Å². The number of alkyl carbamates (subject to hydrolysis) is 1. The number of allylic oxidation sites excluding steroid dienone is 1. The number of nitrogens with one attached hydrogen (secondary N) is 2. The second-order valence-electron chi connectivity index (χ2n) is 9.42. The molecule has 34 heavy (non-hydrogen) atoms. The Kier molecular flexibility index (Phi) is 9.78. The minimum atomic E-state index is -0.641. The third kappa shape index (κ3) is 6.97. The molecule has 0 aromatic heterocycles. The fourth-order valence-corrected chi connectivity index (χ4v) is 4.90. The molecule has 3 N–H and O–H groups in total. The first-order chi connectivity index (χ1) is 16.5. The molecule has 1 heterocycles. The standard InChI is InChI=1S/C25H37N3O6/c1-2-17-28-20(12-11-19-9-10-19)21(34-23(30)25(28)14-5-6-15-25)13-18-33-24(31)26-16-7-3-4-8-22(29)27-32/h1,11-12,19-21,32H,3-10,13-18H2,(H,26,31)(H,27,29)/b12-11+/t20?,21-/m0/s1. The van der Waals surface area contributed by atoms with Gasteiger partial charge in [-0.1, -0.05) is 37.3 Å². The summed E-state index contributed by atoms with van der Waals surface area (Å²) >= 11 is 0. The Labute approximate surface area is 201 Å². The van der Waals surface area contributed by atoms with Crippen LogP contribution in [0.5, 0.6) is 0 Å². The van der Waals surface area contributed by atoms with Gasteiger partial charge in [-0.3, -0.25) is 19.7 Å². The van der Waals surface area contributed by atoms with Gasteiger partial charge in [-0.25, -0.2) is 10.3 Å². The van der Waals surface area contributed by atoms with Crippen LogP contribution in [0.2, 0.25) is 0 Å². The van der Waals surface area contributed by atoms with Crippen molar-refractivity contribution in [2.45, 2.75) is 88.3 Å². The first-order valence-corrected chi connectivity index (χ1v) is 12.4. The molecular weight excluding hydrogens is 438 g/mol. The van der Waals surface area contributed by atoms with Crippen LogP contribution >= 0.6 is 0 Å². The van der Waals surface area contributed by atoms with E-state index in [1.54, 1.807) is 5.48 Å². The maximum Gasteiger partial charge on any atom is 0.407 e. The van der Waals surface area contributed by atoms with Gasteiger partial charge in [0, 0.05) is 19.4 Å². The van der Waals surface area contributed by atoms with Crippen molar-refractivity contribution in [2.24, 2.45) is 5.92 Å². The molecule has 0 bridgehead atoms. The Hall–Kier alpha value is -2.57. The van der Waals surface area contributed by atoms with E-state index in [2.05, 4.69) is 28.3 Å². The van der Waals surface area contributed by atoms with E-state index in [9.17, 15) is 14.4 Å². The van der Waals surface area contributed by atoms with Gasteiger partial charge in [-0.15, -0.1) is 6.42 Å². The van der Waals surface area contributed by atoms with Crippen molar-refractivity contribution in [1.82, 2.24) is 15.7 Å². The number of hydroxylamine groups is 1. The van der Waals surface area contributed by atoms with Crippen LogP contribution in [0.3, 0.4) is 0 Å². The van der Waals surface area contributed by atoms with Crippen molar-refractivity contribution in [1.29, 1.82) is 0 Å². The summed E-state index contributed by atoms with van der Waals surface area (Å²) in [5.41, 5.74) is 0.952. The first-order valence-electron chi connectivity index (χ1n) is 12.4. The number of amides is 2. The number of esters is 1. The predicted octanol–water partition coefficient (Wildman–Crippen LogP) is 2.68. The lowest BCUT2D eigenvalue weighted by atomic mass is 9.88. The van der Waals surface area contributed by atoms with Gasteiger partial charge in [-0.2, -0.15) is 0 Å². The van der Waals surface area contributed by atoms with Crippen LogP contribution < -0.4 is 10.8 Å². The molecule has 1 unspecified atom stereocenters. The van der Waals surface area contributed by atoms with Gasteiger partial charge in [0.05, 0.1) is 19.2 Å². The van der Waals surface area contributed by atoms with Crippen LogP contribution in [-0.4, -0.2) is 65.5 Å². The second kappa shape index (κ2) is 12.8. The average Bonchev–Trinajstić information content (AvgIpc) is 3.53. The van der Waals surface area contributed by atoms with Crippen LogP contribution in [0.25, 0.3) is 0 Å². The largest absolute Gasteiger partial charge is 0.459 e. The number of carbonyl (C=O) groups is 3. The molecule has 9 heteroatoms. The molecule has 1 spiro atoms. The molecule has 3 aliphatic rings. The number of hydrogen-bond donors (Lipinski definition) is 3. The minimum absolute atomic E-state index is 0.129. The predicted molar refractivity (Wildman–Crippen MR) is 125 cm³/mol. The number of terminal acetylenes is 1. The molecular formula is C25H37N3O6. The van der Waals surface area contributed by atoms with Gasteiger partial charge >= 0.3 is 12.1 Å². The van der Waals surface area contributed by atoms with Crippen LogP contribution in [0.15, 0.2) is 12.2 Å². The van der Waals surface area contributed by atoms with Gasteiger partial charge in [-0.05, 0) is 44.4 Å². The lowest BCUT2D eigenvalue weighted by molar-refractivity contribution is -0.184. The van der Waals surface area contributed by atoms with E-state index in [1.165, 1.54) is 12.8 Å². The highest BCUT2D eigenvalue weighted by Crippen LogP contribution is 2.42. The van der Waals surface area contributed by atoms with E-state index in [1.807, 2.05) is 0 Å². The van der Waals surface area contributed by atoms with Crippen LogP contribution in [0.4, 0.5) is 4.79 Å². The maximum absolute atomic E-state index is 13.1. The summed E-state index contributed by atoms with van der Waals surface area (Å²) in [4.78, 5) is 38.2. The summed E-state index contributed by atoms with van der Waals surface area (Å²) < 4.78 is 11.3. The number of hydrogen-bond acceptors (Lipinski definition) is 7. The van der Waals surface area contributed by atoms with Crippen LogP contribution in [-0.2, 0) is 19.1 Å². The summed E-state index contributed by atoms with van der Waals surface area (Å²) in [6.45, 7) is 0.945. The van der Waals surface area contributed by atoms with Crippen molar-refractivity contribution in [3.8, 4) is 12.3 Å². The lowest BCUT2D eigenvalue weighted by Crippen LogP contribution is -2.65. The van der Waals surface area contributed by atoms with Crippen molar-refractivity contribution in [3.63, 3.8) is 0 Å². The topological polar surface area (TPSA) is 117 Å². The van der Waals surface area contributed by atoms with Crippen molar-refractivity contribution in [3.05, 3.63) is 12.2 Å². The SMILES string of the molecule is C#CCN1C(/C=C/C2CC2)[C@H](CCOC(=O)NCCCCCC(=O)NO)OC(=O)C12CCCC2. The minimum Gasteiger partial charge on any atom is -0.459 e. The maximum atomic E-state index is 13.1. The lowest BCUT2D eigenvalue weighted by Gasteiger charge is -2.49. The quantitative estimate of drug-likeness (QED) is 0.0992. The molecule has 188 valence electrons. The number of unbranched alkanes of at least 4 members (excludes halogenated alkanes) is 2. The Morgan fingerprint density at radius 2 is 2.00 bits per heavy atom. The Morgan fingerprint density at radius 1 is 1.24 bits per heavy atom. The van der Waals surface area contributed by atoms with E-state index in [4.69, 9.17) is 21.1 Å². The molecule has 2 aliphatic carbocycles. The summed E-state index contributed by atoms with van der Waals surface area (Å²) in [6.07, 6.45) is 17.7. The number of morpholine rings is 1. The molecule has 2 amide bonds. The number of ether oxygens (including phenoxy) is 2. The number of carbonyl (C=O) groups excluding carboxylic acids is 3. The van der Waals surface area contributed by atoms with Crippen molar-refractivity contribution >= 4 is 18.0 Å². The first kappa shape index (κ1) is 26.0. The Balaban J connectivity index is 1.48. The van der Waals surface area contributed by atoms with E-state index in [0.717, 1.165) is 32.1 Å². The summed E-state index contributed by atoms with van der Waals surface area (Å²) in [5, 5.41) is 11.1.